The quantitative estimate of drug-likeness (QED) is 0.458. The summed E-state index contributed by atoms with van der Waals surface area (Å²) in [5.41, 5.74) is 2.67. The minimum atomic E-state index is -0.350. The van der Waals surface area contributed by atoms with Crippen molar-refractivity contribution in [3.63, 3.8) is 0 Å². The van der Waals surface area contributed by atoms with E-state index in [0.29, 0.717) is 22.0 Å². The number of benzene rings is 2. The lowest BCUT2D eigenvalue weighted by molar-refractivity contribution is 0.201. The summed E-state index contributed by atoms with van der Waals surface area (Å²) in [7, 11) is 0. The van der Waals surface area contributed by atoms with E-state index in [1.54, 1.807) is 42.7 Å². The van der Waals surface area contributed by atoms with Crippen molar-refractivity contribution < 1.29 is 9.21 Å². The molecule has 0 unspecified atom stereocenters. The van der Waals surface area contributed by atoms with Gasteiger partial charge in [0, 0.05) is 16.3 Å². The van der Waals surface area contributed by atoms with Crippen molar-refractivity contribution in [2.24, 2.45) is 0 Å². The topological polar surface area (TPSA) is 78.3 Å². The van der Waals surface area contributed by atoms with Crippen LogP contribution in [-0.4, -0.2) is 15.9 Å². The zero-order valence-electron chi connectivity index (χ0n) is 16.3. The highest BCUT2D eigenvalue weighted by Crippen LogP contribution is 2.18. The summed E-state index contributed by atoms with van der Waals surface area (Å²) in [6, 6.07) is 17.7. The third-order valence-electron chi connectivity index (χ3n) is 4.84. The van der Waals surface area contributed by atoms with Crippen LogP contribution in [0, 0.1) is 6.92 Å². The molecule has 30 heavy (non-hydrogen) atoms. The molecule has 2 N–H and O–H groups in total. The number of aromatic nitrogens is 1. The number of nitrogens with one attached hydrogen (secondary N) is 2. The Morgan fingerprint density at radius 3 is 2.63 bits per heavy atom. The van der Waals surface area contributed by atoms with Gasteiger partial charge < -0.3 is 19.6 Å². The Bertz CT molecular complexity index is 1230. The fourth-order valence-corrected chi connectivity index (χ4v) is 3.40. The van der Waals surface area contributed by atoms with Crippen LogP contribution in [0.5, 0.6) is 0 Å². The fraction of sp³-hybridized carbons (Fsp3) is 0.130. The van der Waals surface area contributed by atoms with E-state index in [9.17, 15) is 9.59 Å². The molecule has 2 amide bonds. The van der Waals surface area contributed by atoms with E-state index in [1.165, 1.54) is 4.90 Å². The first-order valence-electron chi connectivity index (χ1n) is 9.45. The number of para-hydroxylation sites is 1. The van der Waals surface area contributed by atoms with Crippen LogP contribution in [0.2, 0.25) is 5.02 Å². The van der Waals surface area contributed by atoms with E-state index in [2.05, 4.69) is 10.3 Å². The molecule has 7 heteroatoms. The Kier molecular flexibility index (Phi) is 5.59. The monoisotopic (exact) mass is 421 g/mol. The Balaban J connectivity index is 1.63. The van der Waals surface area contributed by atoms with Crippen molar-refractivity contribution in [3.8, 4) is 0 Å². The third-order valence-corrected chi connectivity index (χ3v) is 5.09. The van der Waals surface area contributed by atoms with Gasteiger partial charge in [-0.1, -0.05) is 29.8 Å². The number of hydrogen-bond donors (Lipinski definition) is 2. The molecular weight excluding hydrogens is 402 g/mol. The van der Waals surface area contributed by atoms with Gasteiger partial charge in [0.05, 0.1) is 24.9 Å². The number of amides is 2. The van der Waals surface area contributed by atoms with Gasteiger partial charge >= 0.3 is 6.03 Å². The molecule has 2 heterocycles. The maximum absolute atomic E-state index is 13.0. The number of fused-ring (bicyclic) bond motifs is 1. The molecule has 4 rings (SSSR count). The standard InChI is InChI=1S/C23H20ClN3O3/c1-15-4-2-5-16-12-17(22(28)26-21(15)16)13-27(14-20-6-3-11-30-20)23(29)25-19-9-7-18(24)8-10-19/h2-12H,13-14H2,1H3,(H,25,29)(H,26,28). The minimum Gasteiger partial charge on any atom is -0.467 e. The predicted octanol–water partition coefficient (Wildman–Crippen LogP) is 5.32. The summed E-state index contributed by atoms with van der Waals surface area (Å²) < 4.78 is 5.41. The lowest BCUT2D eigenvalue weighted by atomic mass is 10.1. The fourth-order valence-electron chi connectivity index (χ4n) is 3.28. The van der Waals surface area contributed by atoms with Gasteiger partial charge in [0.15, 0.2) is 0 Å². The third kappa shape index (κ3) is 4.39. The van der Waals surface area contributed by atoms with E-state index >= 15 is 0 Å². The SMILES string of the molecule is Cc1cccc2cc(CN(Cc3ccco3)C(=O)Nc3ccc(Cl)cc3)c(=O)[nH]c12. The van der Waals surface area contributed by atoms with Gasteiger partial charge in [-0.15, -0.1) is 0 Å². The van der Waals surface area contributed by atoms with Crippen molar-refractivity contribution in [2.45, 2.75) is 20.0 Å². The molecule has 0 saturated carbocycles. The number of H-pyrrole nitrogens is 1. The highest BCUT2D eigenvalue weighted by molar-refractivity contribution is 6.30. The number of anilines is 1. The second-order valence-electron chi connectivity index (χ2n) is 7.04. The van der Waals surface area contributed by atoms with Crippen LogP contribution < -0.4 is 10.9 Å². The van der Waals surface area contributed by atoms with E-state index in [0.717, 1.165) is 16.5 Å². The molecule has 0 bridgehead atoms. The van der Waals surface area contributed by atoms with Crippen molar-refractivity contribution in [1.82, 2.24) is 9.88 Å². The molecule has 0 aliphatic carbocycles. The van der Waals surface area contributed by atoms with Gasteiger partial charge in [-0.05, 0) is 60.3 Å². The van der Waals surface area contributed by atoms with Crippen LogP contribution in [0.25, 0.3) is 10.9 Å². The Morgan fingerprint density at radius 2 is 1.90 bits per heavy atom. The molecule has 2 aromatic carbocycles. The van der Waals surface area contributed by atoms with Crippen molar-refractivity contribution in [2.75, 3.05) is 5.32 Å². The molecule has 6 nitrogen and oxygen atoms in total. The van der Waals surface area contributed by atoms with Crippen LogP contribution in [0.3, 0.4) is 0 Å². The average molecular weight is 422 g/mol. The van der Waals surface area contributed by atoms with Crippen LogP contribution >= 0.6 is 11.6 Å². The van der Waals surface area contributed by atoms with E-state index < -0.39 is 0 Å². The van der Waals surface area contributed by atoms with E-state index in [1.807, 2.05) is 31.2 Å². The Labute approximate surface area is 178 Å². The normalized spacial score (nSPS) is 10.9. The molecule has 0 radical (unpaired) electrons. The second-order valence-corrected chi connectivity index (χ2v) is 7.47. The molecule has 0 atom stereocenters. The van der Waals surface area contributed by atoms with Gasteiger partial charge in [-0.25, -0.2) is 4.79 Å². The highest BCUT2D eigenvalue weighted by atomic mass is 35.5. The number of carbonyl (C=O) groups is 1. The molecule has 0 fully saturated rings. The first kappa shape index (κ1) is 19.8. The molecule has 2 aromatic heterocycles. The first-order valence-corrected chi connectivity index (χ1v) is 9.83. The van der Waals surface area contributed by atoms with Gasteiger partial charge in [-0.3, -0.25) is 4.79 Å². The molecule has 0 aliphatic heterocycles. The highest BCUT2D eigenvalue weighted by Gasteiger charge is 2.18. The van der Waals surface area contributed by atoms with Crippen LogP contribution in [0.4, 0.5) is 10.5 Å². The number of aryl methyl sites for hydroxylation is 1. The number of aromatic amines is 1. The maximum atomic E-state index is 13.0. The van der Waals surface area contributed by atoms with Crippen LogP contribution in [-0.2, 0) is 13.1 Å². The Morgan fingerprint density at radius 1 is 1.10 bits per heavy atom. The average Bonchev–Trinajstić information content (AvgIpc) is 3.24. The zero-order valence-corrected chi connectivity index (χ0v) is 17.1. The number of pyridine rings is 1. The zero-order chi connectivity index (χ0) is 21.1. The number of furan rings is 1. The number of carbonyl (C=O) groups excluding carboxylic acids is 1. The smallest absolute Gasteiger partial charge is 0.322 e. The second kappa shape index (κ2) is 8.47. The lowest BCUT2D eigenvalue weighted by Crippen LogP contribution is -2.35. The minimum absolute atomic E-state index is 0.124. The van der Waals surface area contributed by atoms with Crippen molar-refractivity contribution in [3.05, 3.63) is 99.2 Å². The molecule has 152 valence electrons. The molecule has 0 aliphatic rings. The summed E-state index contributed by atoms with van der Waals surface area (Å²) in [4.78, 5) is 30.1. The lowest BCUT2D eigenvalue weighted by Gasteiger charge is -2.22. The van der Waals surface area contributed by atoms with Gasteiger partial charge in [0.25, 0.3) is 5.56 Å². The summed E-state index contributed by atoms with van der Waals surface area (Å²) in [5, 5.41) is 4.34. The first-order chi connectivity index (χ1) is 14.5. The van der Waals surface area contributed by atoms with Crippen LogP contribution in [0.1, 0.15) is 16.9 Å². The summed E-state index contributed by atoms with van der Waals surface area (Å²) in [5.74, 6) is 0.620. The summed E-state index contributed by atoms with van der Waals surface area (Å²) in [6.07, 6.45) is 1.55. The van der Waals surface area contributed by atoms with E-state index in [4.69, 9.17) is 16.0 Å². The van der Waals surface area contributed by atoms with Gasteiger partial charge in [-0.2, -0.15) is 0 Å². The predicted molar refractivity (Wildman–Crippen MR) is 118 cm³/mol. The summed E-state index contributed by atoms with van der Waals surface area (Å²) in [6.45, 7) is 2.29. The van der Waals surface area contributed by atoms with Crippen molar-refractivity contribution >= 4 is 34.2 Å². The summed E-state index contributed by atoms with van der Waals surface area (Å²) >= 11 is 5.92. The number of rotatable bonds is 5. The Hall–Kier alpha value is -3.51. The number of urea groups is 1. The molecule has 0 saturated heterocycles. The number of halogens is 1. The van der Waals surface area contributed by atoms with Gasteiger partial charge in [0.1, 0.15) is 5.76 Å². The van der Waals surface area contributed by atoms with Gasteiger partial charge in [0.2, 0.25) is 0 Å². The molecule has 4 aromatic rings. The molecule has 0 spiro atoms. The van der Waals surface area contributed by atoms with Crippen molar-refractivity contribution in [1.29, 1.82) is 0 Å². The maximum Gasteiger partial charge on any atom is 0.322 e. The number of nitrogens with zero attached hydrogens (tertiary/aromatic N) is 1. The van der Waals surface area contributed by atoms with E-state index in [-0.39, 0.29) is 24.7 Å². The molecular formula is C23H20ClN3O3. The largest absolute Gasteiger partial charge is 0.467 e. The number of hydrogen-bond acceptors (Lipinski definition) is 3. The van der Waals surface area contributed by atoms with Crippen LogP contribution in [0.15, 0.2) is 76.1 Å².